The van der Waals surface area contributed by atoms with Crippen LogP contribution in [-0.4, -0.2) is 9.97 Å². The molecule has 54 valence electrons. The topological polar surface area (TPSA) is 45.8 Å². The van der Waals surface area contributed by atoms with Crippen molar-refractivity contribution >= 4 is 23.2 Å². The fourth-order valence-electron chi connectivity index (χ4n) is 0.405. The predicted molar refractivity (Wildman–Crippen MR) is 34.8 cm³/mol. The standard InChI is InChI=1S/C4HCl2FN2O/c5-2-1(7)3(10)9-4(6)8-2/h(H,8,9,10). The van der Waals surface area contributed by atoms with Gasteiger partial charge in [-0.3, -0.25) is 9.78 Å². The first-order chi connectivity index (χ1) is 4.61. The lowest BCUT2D eigenvalue weighted by Gasteiger charge is -1.90. The Morgan fingerprint density at radius 1 is 1.50 bits per heavy atom. The van der Waals surface area contributed by atoms with Crippen LogP contribution in [0.15, 0.2) is 4.79 Å². The van der Waals surface area contributed by atoms with Crippen LogP contribution in [0.1, 0.15) is 0 Å². The summed E-state index contributed by atoms with van der Waals surface area (Å²) in [7, 11) is 0. The lowest BCUT2D eigenvalue weighted by molar-refractivity contribution is 0.601. The molecule has 0 aliphatic heterocycles. The fraction of sp³-hybridized carbons (Fsp3) is 0. The third-order valence-electron chi connectivity index (χ3n) is 0.793. The summed E-state index contributed by atoms with van der Waals surface area (Å²) < 4.78 is 12.3. The molecule has 0 aromatic carbocycles. The van der Waals surface area contributed by atoms with Crippen LogP contribution in [0.25, 0.3) is 0 Å². The second kappa shape index (κ2) is 2.56. The Balaban J connectivity index is 3.46. The van der Waals surface area contributed by atoms with Gasteiger partial charge in [0.1, 0.15) is 0 Å². The fourth-order valence-corrected chi connectivity index (χ4v) is 0.789. The van der Waals surface area contributed by atoms with E-state index < -0.39 is 16.5 Å². The highest BCUT2D eigenvalue weighted by atomic mass is 35.5. The number of H-pyrrole nitrogens is 1. The molecule has 1 heterocycles. The Labute approximate surface area is 64.8 Å². The molecule has 0 saturated carbocycles. The van der Waals surface area contributed by atoms with Crippen LogP contribution < -0.4 is 5.56 Å². The van der Waals surface area contributed by atoms with Crippen LogP contribution in [0.3, 0.4) is 0 Å². The molecular weight excluding hydrogens is 182 g/mol. The van der Waals surface area contributed by atoms with E-state index in [1.807, 2.05) is 4.98 Å². The van der Waals surface area contributed by atoms with Gasteiger partial charge in [-0.1, -0.05) is 11.6 Å². The maximum Gasteiger partial charge on any atom is 0.289 e. The van der Waals surface area contributed by atoms with Gasteiger partial charge in [-0.25, -0.2) is 4.98 Å². The minimum Gasteiger partial charge on any atom is -0.295 e. The summed E-state index contributed by atoms with van der Waals surface area (Å²) in [5, 5.41) is -0.745. The average molecular weight is 183 g/mol. The molecule has 0 saturated heterocycles. The lowest BCUT2D eigenvalue weighted by atomic mass is 10.6. The smallest absolute Gasteiger partial charge is 0.289 e. The summed E-state index contributed by atoms with van der Waals surface area (Å²) in [5.41, 5.74) is -0.968. The number of aromatic amines is 1. The largest absolute Gasteiger partial charge is 0.295 e. The molecule has 6 heteroatoms. The molecule has 10 heavy (non-hydrogen) atoms. The van der Waals surface area contributed by atoms with Crippen molar-refractivity contribution in [3.05, 3.63) is 26.6 Å². The average Bonchev–Trinajstić information content (AvgIpc) is 1.82. The zero-order valence-electron chi connectivity index (χ0n) is 4.49. The van der Waals surface area contributed by atoms with Crippen molar-refractivity contribution in [1.82, 2.24) is 9.97 Å². The Kier molecular flexibility index (Phi) is 1.92. The first kappa shape index (κ1) is 7.50. The van der Waals surface area contributed by atoms with Crippen LogP contribution in [0.4, 0.5) is 4.39 Å². The number of aromatic nitrogens is 2. The summed E-state index contributed by atoms with van der Waals surface area (Å²) in [6.45, 7) is 0. The Morgan fingerprint density at radius 2 is 2.10 bits per heavy atom. The summed E-state index contributed by atoms with van der Waals surface area (Å²) in [6, 6.07) is 0. The quantitative estimate of drug-likeness (QED) is 0.485. The molecule has 0 radical (unpaired) electrons. The van der Waals surface area contributed by atoms with Crippen molar-refractivity contribution < 1.29 is 4.39 Å². The molecule has 0 aliphatic carbocycles. The minimum absolute atomic E-state index is 0.226. The van der Waals surface area contributed by atoms with Crippen LogP contribution in [0.5, 0.6) is 0 Å². The van der Waals surface area contributed by atoms with Gasteiger partial charge in [-0.15, -0.1) is 0 Å². The second-order valence-electron chi connectivity index (χ2n) is 1.46. The van der Waals surface area contributed by atoms with Crippen molar-refractivity contribution in [3.63, 3.8) is 0 Å². The zero-order valence-corrected chi connectivity index (χ0v) is 6.00. The molecule has 0 fully saturated rings. The summed E-state index contributed by atoms with van der Waals surface area (Å²) >= 11 is 10.3. The molecule has 0 aliphatic rings. The van der Waals surface area contributed by atoms with E-state index in [0.717, 1.165) is 0 Å². The molecular formula is C4HCl2FN2O. The highest BCUT2D eigenvalue weighted by Crippen LogP contribution is 2.07. The first-order valence-electron chi connectivity index (χ1n) is 2.22. The van der Waals surface area contributed by atoms with Gasteiger partial charge in [0.05, 0.1) is 0 Å². The summed E-state index contributed by atoms with van der Waals surface area (Å²) in [4.78, 5) is 15.6. The van der Waals surface area contributed by atoms with Gasteiger partial charge in [0.25, 0.3) is 5.56 Å². The molecule has 3 nitrogen and oxygen atoms in total. The van der Waals surface area contributed by atoms with E-state index in [2.05, 4.69) is 4.98 Å². The van der Waals surface area contributed by atoms with Gasteiger partial charge in [-0.2, -0.15) is 4.39 Å². The van der Waals surface area contributed by atoms with Gasteiger partial charge in [-0.05, 0) is 11.6 Å². The van der Waals surface area contributed by atoms with E-state index in [1.54, 1.807) is 0 Å². The molecule has 0 bridgehead atoms. The number of hydrogen-bond donors (Lipinski definition) is 1. The van der Waals surface area contributed by atoms with Crippen molar-refractivity contribution in [2.24, 2.45) is 0 Å². The number of rotatable bonds is 0. The molecule has 0 atom stereocenters. The number of hydrogen-bond acceptors (Lipinski definition) is 2. The third kappa shape index (κ3) is 1.27. The predicted octanol–water partition coefficient (Wildman–Crippen LogP) is 1.22. The molecule has 1 aromatic rings. The zero-order chi connectivity index (χ0) is 7.72. The molecule has 1 rings (SSSR count). The Hall–Kier alpha value is -0.610. The maximum absolute atomic E-state index is 12.3. The van der Waals surface area contributed by atoms with Gasteiger partial charge < -0.3 is 0 Å². The van der Waals surface area contributed by atoms with E-state index >= 15 is 0 Å². The van der Waals surface area contributed by atoms with E-state index in [1.165, 1.54) is 0 Å². The highest BCUT2D eigenvalue weighted by Gasteiger charge is 2.06. The van der Waals surface area contributed by atoms with Crippen molar-refractivity contribution in [3.8, 4) is 0 Å². The Morgan fingerprint density at radius 3 is 2.60 bits per heavy atom. The lowest BCUT2D eigenvalue weighted by Crippen LogP contribution is -2.12. The van der Waals surface area contributed by atoms with Crippen molar-refractivity contribution in [2.75, 3.05) is 0 Å². The molecule has 0 unspecified atom stereocenters. The minimum atomic E-state index is -1.12. The number of nitrogens with one attached hydrogen (secondary N) is 1. The van der Waals surface area contributed by atoms with Crippen molar-refractivity contribution in [2.45, 2.75) is 0 Å². The first-order valence-corrected chi connectivity index (χ1v) is 2.97. The summed E-state index contributed by atoms with van der Waals surface area (Å²) in [5.74, 6) is -1.12. The normalized spacial score (nSPS) is 9.90. The molecule has 1 N–H and O–H groups in total. The van der Waals surface area contributed by atoms with Crippen LogP contribution in [-0.2, 0) is 0 Å². The van der Waals surface area contributed by atoms with E-state index in [0.29, 0.717) is 0 Å². The van der Waals surface area contributed by atoms with E-state index in [-0.39, 0.29) is 5.28 Å². The van der Waals surface area contributed by atoms with E-state index in [9.17, 15) is 9.18 Å². The van der Waals surface area contributed by atoms with Gasteiger partial charge in [0.2, 0.25) is 11.1 Å². The second-order valence-corrected chi connectivity index (χ2v) is 2.18. The third-order valence-corrected chi connectivity index (χ3v) is 1.22. The SMILES string of the molecule is O=c1[nH]c(Cl)nc(Cl)c1F. The maximum atomic E-state index is 12.3. The highest BCUT2D eigenvalue weighted by molar-refractivity contribution is 6.31. The molecule has 1 aromatic heterocycles. The number of halogens is 3. The number of nitrogens with zero attached hydrogens (tertiary/aromatic N) is 1. The van der Waals surface area contributed by atoms with Crippen LogP contribution >= 0.6 is 23.2 Å². The van der Waals surface area contributed by atoms with Gasteiger partial charge in [0.15, 0.2) is 5.15 Å². The monoisotopic (exact) mass is 182 g/mol. The van der Waals surface area contributed by atoms with Gasteiger partial charge >= 0.3 is 0 Å². The van der Waals surface area contributed by atoms with Gasteiger partial charge in [0, 0.05) is 0 Å². The summed E-state index contributed by atoms with van der Waals surface area (Å²) in [6.07, 6.45) is 0. The van der Waals surface area contributed by atoms with Crippen molar-refractivity contribution in [1.29, 1.82) is 0 Å². The Bertz CT molecular complexity index is 311. The molecule has 0 amide bonds. The molecule has 0 spiro atoms. The van der Waals surface area contributed by atoms with Crippen LogP contribution in [0, 0.1) is 5.82 Å². The van der Waals surface area contributed by atoms with Crippen LogP contribution in [0.2, 0.25) is 10.4 Å². The van der Waals surface area contributed by atoms with E-state index in [4.69, 9.17) is 23.2 Å².